The second-order valence-corrected chi connectivity index (χ2v) is 3.24. The Kier molecular flexibility index (Phi) is 4.39. The molecule has 0 aliphatic carbocycles. The van der Waals surface area contributed by atoms with Gasteiger partial charge in [-0.1, -0.05) is 6.07 Å². The van der Waals surface area contributed by atoms with Crippen molar-refractivity contribution in [2.24, 2.45) is 0 Å². The van der Waals surface area contributed by atoms with Gasteiger partial charge in [-0.25, -0.2) is 14.8 Å². The van der Waals surface area contributed by atoms with Crippen molar-refractivity contribution in [2.75, 3.05) is 0 Å². The van der Waals surface area contributed by atoms with Gasteiger partial charge in [0.05, 0.1) is 0 Å². The summed E-state index contributed by atoms with van der Waals surface area (Å²) in [7, 11) is 0. The maximum absolute atomic E-state index is 12.4. The van der Waals surface area contributed by atoms with Gasteiger partial charge in [-0.3, -0.25) is 0 Å². The molecule has 0 aromatic carbocycles. The zero-order valence-electron chi connectivity index (χ0n) is 8.60. The van der Waals surface area contributed by atoms with Gasteiger partial charge in [0, 0.05) is 0 Å². The number of aromatic carboxylic acids is 1. The van der Waals surface area contributed by atoms with Crippen molar-refractivity contribution in [1.82, 2.24) is 9.97 Å². The fraction of sp³-hybridized carbons (Fsp3) is 0.100. The third-order valence-electron chi connectivity index (χ3n) is 2.04. The number of alkyl halides is 3. The maximum atomic E-state index is 12.4. The summed E-state index contributed by atoms with van der Waals surface area (Å²) >= 11 is 0. The Morgan fingerprint density at radius 1 is 1.32 bits per heavy atom. The standard InChI is InChI=1S/C10H5F3N2O3.Li.H/c11-10(12,13)6-3-1-2-5(15-6)8-7(9(16)17)14-4-18-8;;/h1-4H,(H,16,17);;. The number of carbonyl (C=O) groups is 1. The summed E-state index contributed by atoms with van der Waals surface area (Å²) in [6.07, 6.45) is -3.78. The fourth-order valence-corrected chi connectivity index (χ4v) is 1.30. The molecular formula is C10H6F3LiN2O3. The molecule has 0 fully saturated rings. The van der Waals surface area contributed by atoms with E-state index in [2.05, 4.69) is 9.97 Å². The van der Waals surface area contributed by atoms with Crippen LogP contribution in [-0.2, 0) is 6.18 Å². The molecule has 0 aliphatic heterocycles. The van der Waals surface area contributed by atoms with Gasteiger partial charge in [0.2, 0.25) is 0 Å². The molecule has 0 aliphatic rings. The molecule has 96 valence electrons. The molecule has 0 bridgehead atoms. The quantitative estimate of drug-likeness (QED) is 0.839. The van der Waals surface area contributed by atoms with E-state index in [1.807, 2.05) is 0 Å². The Bertz CT molecular complexity index is 598. The molecule has 9 heteroatoms. The van der Waals surface area contributed by atoms with Crippen molar-refractivity contribution in [3.63, 3.8) is 0 Å². The van der Waals surface area contributed by atoms with Crippen molar-refractivity contribution >= 4 is 24.8 Å². The Hall–Kier alpha value is -1.78. The SMILES string of the molecule is O=C(O)c1ncoc1-c1cccc(C(F)(F)F)n1.[LiH]. The number of oxazole rings is 1. The molecule has 0 saturated carbocycles. The van der Waals surface area contributed by atoms with Crippen molar-refractivity contribution in [3.8, 4) is 11.5 Å². The number of nitrogens with zero attached hydrogens (tertiary/aromatic N) is 2. The van der Waals surface area contributed by atoms with E-state index in [0.29, 0.717) is 0 Å². The van der Waals surface area contributed by atoms with E-state index in [-0.39, 0.29) is 30.3 Å². The number of hydrogen-bond acceptors (Lipinski definition) is 4. The van der Waals surface area contributed by atoms with Gasteiger partial charge < -0.3 is 9.52 Å². The van der Waals surface area contributed by atoms with E-state index in [1.165, 1.54) is 6.07 Å². The number of hydrogen-bond donors (Lipinski definition) is 1. The first-order valence-electron chi connectivity index (χ1n) is 4.61. The zero-order valence-corrected chi connectivity index (χ0v) is 8.60. The Balaban J connectivity index is 0.00000180. The van der Waals surface area contributed by atoms with Crippen LogP contribution >= 0.6 is 0 Å². The molecule has 0 radical (unpaired) electrons. The van der Waals surface area contributed by atoms with Crippen molar-refractivity contribution < 1.29 is 27.5 Å². The van der Waals surface area contributed by atoms with Crippen LogP contribution in [0.5, 0.6) is 0 Å². The van der Waals surface area contributed by atoms with Crippen molar-refractivity contribution in [3.05, 3.63) is 36.0 Å². The summed E-state index contributed by atoms with van der Waals surface area (Å²) in [5.74, 6) is -1.72. The third kappa shape index (κ3) is 3.16. The van der Waals surface area contributed by atoms with Gasteiger partial charge in [-0.05, 0) is 12.1 Å². The summed E-state index contributed by atoms with van der Waals surface area (Å²) in [4.78, 5) is 17.5. The number of carboxylic acids is 1. The molecule has 0 atom stereocenters. The first kappa shape index (κ1) is 15.3. The van der Waals surface area contributed by atoms with Crippen LogP contribution in [0.1, 0.15) is 16.2 Å². The van der Waals surface area contributed by atoms with E-state index < -0.39 is 23.5 Å². The minimum atomic E-state index is -4.61. The predicted molar refractivity (Wildman–Crippen MR) is 58.8 cm³/mol. The fourth-order valence-electron chi connectivity index (χ4n) is 1.30. The normalized spacial score (nSPS) is 10.9. The summed E-state index contributed by atoms with van der Waals surface area (Å²) < 4.78 is 42.1. The predicted octanol–water partition coefficient (Wildman–Crippen LogP) is 1.81. The molecule has 2 rings (SSSR count). The first-order chi connectivity index (χ1) is 8.39. The molecule has 0 unspecified atom stereocenters. The van der Waals surface area contributed by atoms with Gasteiger partial charge in [0.25, 0.3) is 0 Å². The van der Waals surface area contributed by atoms with Crippen molar-refractivity contribution in [1.29, 1.82) is 0 Å². The topological polar surface area (TPSA) is 76.2 Å². The molecule has 2 aromatic heterocycles. The van der Waals surface area contributed by atoms with E-state index in [0.717, 1.165) is 18.5 Å². The zero-order chi connectivity index (χ0) is 13.3. The molecule has 1 N–H and O–H groups in total. The number of carboxylic acid groups (broad SMARTS) is 1. The monoisotopic (exact) mass is 266 g/mol. The molecule has 19 heavy (non-hydrogen) atoms. The molecule has 0 spiro atoms. The molecule has 2 aromatic rings. The average Bonchev–Trinajstić information content (AvgIpc) is 2.77. The summed E-state index contributed by atoms with van der Waals surface area (Å²) in [6.45, 7) is 0. The second-order valence-electron chi connectivity index (χ2n) is 3.24. The summed E-state index contributed by atoms with van der Waals surface area (Å²) in [6, 6.07) is 3.10. The van der Waals surface area contributed by atoms with Gasteiger partial charge in [-0.2, -0.15) is 13.2 Å². The van der Waals surface area contributed by atoms with Crippen LogP contribution in [0.2, 0.25) is 0 Å². The number of rotatable bonds is 2. The van der Waals surface area contributed by atoms with Gasteiger partial charge in [0.1, 0.15) is 11.4 Å². The van der Waals surface area contributed by atoms with Gasteiger partial charge in [0.15, 0.2) is 17.8 Å². The molecule has 5 nitrogen and oxygen atoms in total. The molecule has 2 heterocycles. The first-order valence-corrected chi connectivity index (χ1v) is 4.61. The van der Waals surface area contributed by atoms with E-state index >= 15 is 0 Å². The van der Waals surface area contributed by atoms with Gasteiger partial charge in [-0.15, -0.1) is 0 Å². The second kappa shape index (κ2) is 5.46. The molecule has 0 amide bonds. The molecule has 0 saturated heterocycles. The Morgan fingerprint density at radius 3 is 2.58 bits per heavy atom. The van der Waals surface area contributed by atoms with E-state index in [9.17, 15) is 18.0 Å². The molecular weight excluding hydrogens is 260 g/mol. The minimum absolute atomic E-state index is 0. The van der Waals surface area contributed by atoms with Crippen molar-refractivity contribution in [2.45, 2.75) is 6.18 Å². The van der Waals surface area contributed by atoms with Crippen LogP contribution in [0, 0.1) is 0 Å². The van der Waals surface area contributed by atoms with E-state index in [1.54, 1.807) is 0 Å². The number of halogens is 3. The summed E-state index contributed by atoms with van der Waals surface area (Å²) in [5, 5.41) is 8.77. The van der Waals surface area contributed by atoms with E-state index in [4.69, 9.17) is 9.52 Å². The van der Waals surface area contributed by atoms with Crippen LogP contribution in [0.4, 0.5) is 13.2 Å². The third-order valence-corrected chi connectivity index (χ3v) is 2.04. The Morgan fingerprint density at radius 2 is 2.00 bits per heavy atom. The summed E-state index contributed by atoms with van der Waals surface area (Å²) in [5.41, 5.74) is -1.85. The van der Waals surface area contributed by atoms with Crippen LogP contribution < -0.4 is 0 Å². The van der Waals surface area contributed by atoms with Crippen LogP contribution in [0.3, 0.4) is 0 Å². The van der Waals surface area contributed by atoms with Gasteiger partial charge >= 0.3 is 31.0 Å². The number of pyridine rings is 1. The van der Waals surface area contributed by atoms with Crippen LogP contribution in [0.25, 0.3) is 11.5 Å². The Labute approximate surface area is 116 Å². The van der Waals surface area contributed by atoms with Crippen LogP contribution in [0.15, 0.2) is 29.0 Å². The number of aromatic nitrogens is 2. The van der Waals surface area contributed by atoms with Crippen LogP contribution in [-0.4, -0.2) is 39.9 Å². The average molecular weight is 266 g/mol.